The number of fused-ring (bicyclic) bond motifs is 4. The van der Waals surface area contributed by atoms with Crippen molar-refractivity contribution < 1.29 is 0 Å². The maximum absolute atomic E-state index is 13.4. The predicted molar refractivity (Wildman–Crippen MR) is 142 cm³/mol. The van der Waals surface area contributed by atoms with Gasteiger partial charge in [-0.1, -0.05) is 66.7 Å². The van der Waals surface area contributed by atoms with E-state index in [1.807, 2.05) is 47.2 Å². The molecule has 0 spiro atoms. The predicted octanol–water partition coefficient (Wildman–Crippen LogP) is 6.95. The second-order valence-corrected chi connectivity index (χ2v) is 9.30. The van der Waals surface area contributed by atoms with Gasteiger partial charge >= 0.3 is 0 Å². The van der Waals surface area contributed by atoms with Gasteiger partial charge in [0, 0.05) is 26.9 Å². The first-order valence-corrected chi connectivity index (χ1v) is 12.0. The van der Waals surface area contributed by atoms with Gasteiger partial charge < -0.3 is 0 Å². The number of rotatable bonds is 2. The molecule has 0 saturated carbocycles. The smallest absolute Gasteiger partial charge is 0.266 e. The fraction of sp³-hybridized carbons (Fsp3) is 0. The summed E-state index contributed by atoms with van der Waals surface area (Å²) in [6.45, 7) is 0. The molecule has 0 saturated heterocycles. The quantitative estimate of drug-likeness (QED) is 0.209. The van der Waals surface area contributed by atoms with Crippen LogP contribution in [0.3, 0.4) is 0 Å². The molecule has 4 heteroatoms. The summed E-state index contributed by atoms with van der Waals surface area (Å²) < 4.78 is 1.37. The summed E-state index contributed by atoms with van der Waals surface area (Å²) in [4.78, 5) is 26.7. The van der Waals surface area contributed by atoms with Crippen LogP contribution in [-0.2, 0) is 0 Å². The Morgan fingerprint density at radius 3 is 1.85 bits per heavy atom. The molecule has 0 aliphatic heterocycles. The van der Waals surface area contributed by atoms with Crippen molar-refractivity contribution in [3.8, 4) is 22.3 Å². The van der Waals surface area contributed by atoms with Gasteiger partial charge in [-0.25, -0.2) is 4.40 Å². The highest BCUT2D eigenvalue weighted by molar-refractivity contribution is 7.09. The standard InChI is InChI=1S/C30H17NO2S/c32-29-23-12-5-4-11-22(23)24-14-21(20-10-6-9-19(13-20)18-7-2-1-3-8-18)15-25-26-16-34-17-27(26)30(33)31(29)28(24)25/h1-17H. The molecular weight excluding hydrogens is 438 g/mol. The Morgan fingerprint density at radius 2 is 1.06 bits per heavy atom. The monoisotopic (exact) mass is 455 g/mol. The first kappa shape index (κ1) is 19.2. The summed E-state index contributed by atoms with van der Waals surface area (Å²) in [6, 6.07) is 30.6. The summed E-state index contributed by atoms with van der Waals surface area (Å²) in [5.74, 6) is 0. The van der Waals surface area contributed by atoms with Gasteiger partial charge in [0.05, 0.1) is 10.9 Å². The van der Waals surface area contributed by atoms with Crippen LogP contribution in [0.4, 0.5) is 0 Å². The molecule has 0 unspecified atom stereocenters. The van der Waals surface area contributed by atoms with Crippen LogP contribution in [0.15, 0.2) is 111 Å². The molecule has 3 aromatic heterocycles. The molecule has 0 radical (unpaired) electrons. The zero-order valence-electron chi connectivity index (χ0n) is 18.0. The number of hydrogen-bond acceptors (Lipinski definition) is 3. The molecule has 0 bridgehead atoms. The number of benzene rings is 4. The maximum atomic E-state index is 13.4. The number of pyridine rings is 2. The maximum Gasteiger partial charge on any atom is 0.266 e. The third-order valence-corrected chi connectivity index (χ3v) is 7.42. The average Bonchev–Trinajstić information content (AvgIpc) is 3.39. The summed E-state index contributed by atoms with van der Waals surface area (Å²) in [7, 11) is 0. The minimum atomic E-state index is -0.259. The topological polar surface area (TPSA) is 38.5 Å². The van der Waals surface area contributed by atoms with Gasteiger partial charge in [0.15, 0.2) is 0 Å². The molecule has 34 heavy (non-hydrogen) atoms. The molecular formula is C30H17NO2S. The highest BCUT2D eigenvalue weighted by Gasteiger charge is 2.18. The Bertz CT molecular complexity index is 2000. The second kappa shape index (κ2) is 7.11. The second-order valence-electron chi connectivity index (χ2n) is 8.56. The first-order chi connectivity index (χ1) is 16.7. The van der Waals surface area contributed by atoms with E-state index in [1.165, 1.54) is 15.7 Å². The number of aromatic nitrogens is 1. The lowest BCUT2D eigenvalue weighted by molar-refractivity contribution is 1.09. The van der Waals surface area contributed by atoms with E-state index in [2.05, 4.69) is 48.5 Å². The molecule has 3 nitrogen and oxygen atoms in total. The van der Waals surface area contributed by atoms with Crippen molar-refractivity contribution in [1.29, 1.82) is 0 Å². The minimum absolute atomic E-state index is 0.247. The fourth-order valence-electron chi connectivity index (χ4n) is 5.07. The molecule has 4 aromatic carbocycles. The van der Waals surface area contributed by atoms with Crippen molar-refractivity contribution in [2.45, 2.75) is 0 Å². The normalized spacial score (nSPS) is 11.8. The molecule has 0 fully saturated rings. The Morgan fingerprint density at radius 1 is 0.471 bits per heavy atom. The van der Waals surface area contributed by atoms with Crippen LogP contribution < -0.4 is 11.1 Å². The Balaban J connectivity index is 1.65. The Kier molecular flexibility index (Phi) is 4.02. The minimum Gasteiger partial charge on any atom is -0.268 e. The highest BCUT2D eigenvalue weighted by Crippen LogP contribution is 2.36. The van der Waals surface area contributed by atoms with Gasteiger partial charge in [-0.3, -0.25) is 9.59 Å². The molecule has 7 rings (SSSR count). The summed E-state index contributed by atoms with van der Waals surface area (Å²) in [5, 5.41) is 8.61. The summed E-state index contributed by atoms with van der Waals surface area (Å²) in [5.41, 5.74) is 4.65. The summed E-state index contributed by atoms with van der Waals surface area (Å²) in [6.07, 6.45) is 0. The van der Waals surface area contributed by atoms with Crippen molar-refractivity contribution in [1.82, 2.24) is 4.40 Å². The fourth-order valence-corrected chi connectivity index (χ4v) is 5.90. The van der Waals surface area contributed by atoms with Crippen LogP contribution in [-0.4, -0.2) is 4.40 Å². The van der Waals surface area contributed by atoms with Crippen molar-refractivity contribution in [2.24, 2.45) is 0 Å². The average molecular weight is 456 g/mol. The highest BCUT2D eigenvalue weighted by atomic mass is 32.1. The largest absolute Gasteiger partial charge is 0.268 e. The number of nitrogens with zero attached hydrogens (tertiary/aromatic N) is 1. The number of hydrogen-bond donors (Lipinski definition) is 0. The molecule has 0 atom stereocenters. The third-order valence-electron chi connectivity index (χ3n) is 6.67. The van der Waals surface area contributed by atoms with Crippen LogP contribution in [0.2, 0.25) is 0 Å². The summed E-state index contributed by atoms with van der Waals surface area (Å²) >= 11 is 1.49. The zero-order chi connectivity index (χ0) is 22.8. The molecule has 160 valence electrons. The first-order valence-electron chi connectivity index (χ1n) is 11.1. The van der Waals surface area contributed by atoms with Gasteiger partial charge in [-0.15, -0.1) is 0 Å². The van der Waals surface area contributed by atoms with E-state index in [1.54, 1.807) is 6.07 Å². The molecule has 0 aliphatic rings. The third kappa shape index (κ3) is 2.63. The lowest BCUT2D eigenvalue weighted by Gasteiger charge is -2.14. The van der Waals surface area contributed by atoms with Crippen LogP contribution in [0, 0.1) is 0 Å². The molecule has 3 heterocycles. The van der Waals surface area contributed by atoms with E-state index in [0.717, 1.165) is 43.8 Å². The van der Waals surface area contributed by atoms with Crippen LogP contribution >= 0.6 is 11.3 Å². The Labute approximate surface area is 198 Å². The van der Waals surface area contributed by atoms with Gasteiger partial charge in [0.1, 0.15) is 0 Å². The molecule has 7 aromatic rings. The van der Waals surface area contributed by atoms with Crippen LogP contribution in [0.1, 0.15) is 0 Å². The SMILES string of the molecule is O=c1c2ccccc2c2cc(-c3cccc(-c4ccccc4)c3)cc3c4cscc4c(=O)n1c23. The van der Waals surface area contributed by atoms with Gasteiger partial charge in [0.2, 0.25) is 0 Å². The van der Waals surface area contributed by atoms with Crippen molar-refractivity contribution in [3.63, 3.8) is 0 Å². The van der Waals surface area contributed by atoms with E-state index in [9.17, 15) is 9.59 Å². The Hall–Kier alpha value is -4.28. The van der Waals surface area contributed by atoms with Crippen molar-refractivity contribution in [2.75, 3.05) is 0 Å². The molecule has 0 amide bonds. The zero-order valence-corrected chi connectivity index (χ0v) is 18.8. The van der Waals surface area contributed by atoms with Crippen molar-refractivity contribution in [3.05, 3.63) is 122 Å². The lowest BCUT2D eigenvalue weighted by atomic mass is 9.94. The van der Waals surface area contributed by atoms with E-state index < -0.39 is 0 Å². The van der Waals surface area contributed by atoms with Gasteiger partial charge in [-0.05, 0) is 57.3 Å². The van der Waals surface area contributed by atoms with E-state index in [-0.39, 0.29) is 11.1 Å². The van der Waals surface area contributed by atoms with E-state index in [0.29, 0.717) is 16.3 Å². The lowest BCUT2D eigenvalue weighted by Crippen LogP contribution is -2.27. The van der Waals surface area contributed by atoms with Crippen LogP contribution in [0.25, 0.3) is 60.1 Å². The van der Waals surface area contributed by atoms with Crippen LogP contribution in [0.5, 0.6) is 0 Å². The number of thiophene rings is 1. The van der Waals surface area contributed by atoms with Gasteiger partial charge in [0.25, 0.3) is 11.1 Å². The van der Waals surface area contributed by atoms with Gasteiger partial charge in [-0.2, -0.15) is 11.3 Å². The van der Waals surface area contributed by atoms with Crippen molar-refractivity contribution >= 4 is 49.2 Å². The molecule has 0 N–H and O–H groups in total. The molecule has 0 aliphatic carbocycles. The van der Waals surface area contributed by atoms with E-state index in [4.69, 9.17) is 0 Å². The van der Waals surface area contributed by atoms with E-state index >= 15 is 0 Å².